The van der Waals surface area contributed by atoms with Crippen LogP contribution in [0.3, 0.4) is 0 Å². The molecule has 0 aliphatic heterocycles. The predicted molar refractivity (Wildman–Crippen MR) is 120 cm³/mol. The van der Waals surface area contributed by atoms with Crippen LogP contribution in [0.15, 0.2) is 89.6 Å². The Morgan fingerprint density at radius 1 is 0.812 bits per heavy atom. The fourth-order valence-corrected chi connectivity index (χ4v) is 3.15. The van der Waals surface area contributed by atoms with E-state index < -0.39 is 29.9 Å². The fourth-order valence-electron chi connectivity index (χ4n) is 3.15. The Labute approximate surface area is 185 Å². The molecule has 0 bridgehead atoms. The van der Waals surface area contributed by atoms with Crippen molar-refractivity contribution in [2.75, 3.05) is 0 Å². The van der Waals surface area contributed by atoms with Crippen molar-refractivity contribution in [1.29, 1.82) is 0 Å². The smallest absolute Gasteiger partial charge is 0.326 e. The van der Waals surface area contributed by atoms with E-state index >= 15 is 0 Å². The van der Waals surface area contributed by atoms with Gasteiger partial charge in [0.05, 0.1) is 6.26 Å². The van der Waals surface area contributed by atoms with Crippen LogP contribution in [0.5, 0.6) is 0 Å². The summed E-state index contributed by atoms with van der Waals surface area (Å²) in [5.41, 5.74) is 1.61. The van der Waals surface area contributed by atoms with E-state index in [4.69, 9.17) is 4.42 Å². The van der Waals surface area contributed by atoms with Crippen molar-refractivity contribution < 1.29 is 23.9 Å². The van der Waals surface area contributed by atoms with Gasteiger partial charge in [-0.05, 0) is 29.3 Å². The standard InChI is InChI=1S/C25H24N2O5/c28-23(14-13-20-12-7-15-32-20)26-21(16-18-8-3-1-4-9-18)24(29)27-22(25(30)31)17-19-10-5-2-6-11-19/h1-15,21-22H,16-17H2,(H,26,28)(H,27,29)(H,30,31)/b14-13+. The molecular weight excluding hydrogens is 408 g/mol. The van der Waals surface area contributed by atoms with Crippen LogP contribution in [0.1, 0.15) is 16.9 Å². The van der Waals surface area contributed by atoms with Gasteiger partial charge in [-0.15, -0.1) is 0 Å². The van der Waals surface area contributed by atoms with Gasteiger partial charge in [-0.2, -0.15) is 0 Å². The third-order valence-electron chi connectivity index (χ3n) is 4.76. The number of hydrogen-bond donors (Lipinski definition) is 3. The molecule has 3 aromatic rings. The third-order valence-corrected chi connectivity index (χ3v) is 4.76. The van der Waals surface area contributed by atoms with E-state index in [1.807, 2.05) is 36.4 Å². The van der Waals surface area contributed by atoms with Gasteiger partial charge in [-0.1, -0.05) is 60.7 Å². The largest absolute Gasteiger partial charge is 0.480 e. The molecule has 3 rings (SSSR count). The molecule has 0 fully saturated rings. The Balaban J connectivity index is 1.72. The van der Waals surface area contributed by atoms with Crippen molar-refractivity contribution in [3.63, 3.8) is 0 Å². The minimum absolute atomic E-state index is 0.131. The lowest BCUT2D eigenvalue weighted by Gasteiger charge is -2.21. The van der Waals surface area contributed by atoms with Crippen molar-refractivity contribution in [3.8, 4) is 0 Å². The zero-order valence-electron chi connectivity index (χ0n) is 17.3. The molecule has 32 heavy (non-hydrogen) atoms. The second-order valence-corrected chi connectivity index (χ2v) is 7.19. The summed E-state index contributed by atoms with van der Waals surface area (Å²) in [6, 6.07) is 19.5. The molecule has 2 unspecified atom stereocenters. The maximum Gasteiger partial charge on any atom is 0.326 e. The van der Waals surface area contributed by atoms with Crippen LogP contribution in [0, 0.1) is 0 Å². The van der Waals surface area contributed by atoms with E-state index in [9.17, 15) is 19.5 Å². The average Bonchev–Trinajstić information content (AvgIpc) is 3.32. The van der Waals surface area contributed by atoms with Gasteiger partial charge in [-0.25, -0.2) is 4.79 Å². The fraction of sp³-hybridized carbons (Fsp3) is 0.160. The van der Waals surface area contributed by atoms with E-state index in [-0.39, 0.29) is 12.8 Å². The number of carboxylic acids is 1. The predicted octanol–water partition coefficient (Wildman–Crippen LogP) is 2.83. The van der Waals surface area contributed by atoms with E-state index in [2.05, 4.69) is 10.6 Å². The number of carbonyl (C=O) groups is 3. The molecule has 0 radical (unpaired) electrons. The minimum atomic E-state index is -1.15. The molecule has 0 spiro atoms. The first-order valence-electron chi connectivity index (χ1n) is 10.1. The normalized spacial score (nSPS) is 12.8. The van der Waals surface area contributed by atoms with Crippen molar-refractivity contribution in [2.24, 2.45) is 0 Å². The molecule has 1 heterocycles. The summed E-state index contributed by atoms with van der Waals surface area (Å²) in [7, 11) is 0. The van der Waals surface area contributed by atoms with Crippen LogP contribution >= 0.6 is 0 Å². The summed E-state index contributed by atoms with van der Waals surface area (Å²) >= 11 is 0. The number of hydrogen-bond acceptors (Lipinski definition) is 4. The molecule has 2 atom stereocenters. The lowest BCUT2D eigenvalue weighted by atomic mass is 10.0. The molecule has 2 aromatic carbocycles. The average molecular weight is 432 g/mol. The zero-order chi connectivity index (χ0) is 22.8. The Morgan fingerprint density at radius 3 is 1.94 bits per heavy atom. The zero-order valence-corrected chi connectivity index (χ0v) is 17.3. The molecule has 7 heteroatoms. The summed E-state index contributed by atoms with van der Waals surface area (Å²) in [4.78, 5) is 37.2. The van der Waals surface area contributed by atoms with Crippen molar-refractivity contribution in [3.05, 3.63) is 102 Å². The summed E-state index contributed by atoms with van der Waals surface area (Å²) in [6.07, 6.45) is 4.59. The maximum absolute atomic E-state index is 13.0. The van der Waals surface area contributed by atoms with Crippen molar-refractivity contribution in [2.45, 2.75) is 24.9 Å². The van der Waals surface area contributed by atoms with Crippen LogP contribution in [0.2, 0.25) is 0 Å². The number of benzene rings is 2. The first-order chi connectivity index (χ1) is 15.5. The van der Waals surface area contributed by atoms with Crippen LogP contribution in [-0.2, 0) is 27.2 Å². The molecule has 3 N–H and O–H groups in total. The maximum atomic E-state index is 13.0. The summed E-state index contributed by atoms with van der Waals surface area (Å²) < 4.78 is 5.16. The lowest BCUT2D eigenvalue weighted by Crippen LogP contribution is -2.52. The topological polar surface area (TPSA) is 109 Å². The second-order valence-electron chi connectivity index (χ2n) is 7.19. The molecule has 2 amide bonds. The molecular formula is C25H24N2O5. The first kappa shape index (κ1) is 22.6. The van der Waals surface area contributed by atoms with Gasteiger partial charge in [0.2, 0.25) is 11.8 Å². The lowest BCUT2D eigenvalue weighted by molar-refractivity contribution is -0.142. The quantitative estimate of drug-likeness (QED) is 0.427. The van der Waals surface area contributed by atoms with Crippen molar-refractivity contribution >= 4 is 23.9 Å². The monoisotopic (exact) mass is 432 g/mol. The summed E-state index contributed by atoms with van der Waals surface area (Å²) in [5, 5.41) is 14.8. The Hall–Kier alpha value is -4.13. The molecule has 0 saturated carbocycles. The number of furan rings is 1. The van der Waals surface area contributed by atoms with E-state index in [0.29, 0.717) is 5.76 Å². The number of amides is 2. The highest BCUT2D eigenvalue weighted by Gasteiger charge is 2.26. The Morgan fingerprint density at radius 2 is 1.41 bits per heavy atom. The number of carboxylic acid groups (broad SMARTS) is 1. The molecule has 164 valence electrons. The van der Waals surface area contributed by atoms with Crippen LogP contribution < -0.4 is 10.6 Å². The molecule has 0 saturated heterocycles. The summed E-state index contributed by atoms with van der Waals surface area (Å²) in [6.45, 7) is 0. The van der Waals surface area contributed by atoms with Gasteiger partial charge in [0.15, 0.2) is 0 Å². The second kappa shape index (κ2) is 11.3. The van der Waals surface area contributed by atoms with Gasteiger partial charge in [-0.3, -0.25) is 9.59 Å². The SMILES string of the molecule is O=C(/C=C/c1ccco1)NC(Cc1ccccc1)C(=O)NC(Cc1ccccc1)C(=O)O. The van der Waals surface area contributed by atoms with E-state index in [1.165, 1.54) is 18.4 Å². The van der Waals surface area contributed by atoms with Gasteiger partial charge >= 0.3 is 5.97 Å². The molecule has 7 nitrogen and oxygen atoms in total. The number of aliphatic carboxylic acids is 1. The Bertz CT molecular complexity index is 1050. The molecule has 0 aliphatic carbocycles. The number of carbonyl (C=O) groups excluding carboxylic acids is 2. The molecule has 1 aromatic heterocycles. The van der Waals surface area contributed by atoms with Crippen LogP contribution in [-0.4, -0.2) is 35.0 Å². The highest BCUT2D eigenvalue weighted by Crippen LogP contribution is 2.08. The number of nitrogens with one attached hydrogen (secondary N) is 2. The van der Waals surface area contributed by atoms with Crippen LogP contribution in [0.25, 0.3) is 6.08 Å². The highest BCUT2D eigenvalue weighted by molar-refractivity contribution is 5.96. The molecule has 0 aliphatic rings. The van der Waals surface area contributed by atoms with Crippen LogP contribution in [0.4, 0.5) is 0 Å². The van der Waals surface area contributed by atoms with E-state index in [0.717, 1.165) is 11.1 Å². The van der Waals surface area contributed by atoms with Gasteiger partial charge in [0, 0.05) is 18.9 Å². The van der Waals surface area contributed by atoms with E-state index in [1.54, 1.807) is 36.4 Å². The van der Waals surface area contributed by atoms with Gasteiger partial charge < -0.3 is 20.2 Å². The highest BCUT2D eigenvalue weighted by atomic mass is 16.4. The van der Waals surface area contributed by atoms with Gasteiger partial charge in [0.25, 0.3) is 0 Å². The number of rotatable bonds is 10. The summed E-state index contributed by atoms with van der Waals surface area (Å²) in [5.74, 6) is -1.72. The van der Waals surface area contributed by atoms with Crippen molar-refractivity contribution in [1.82, 2.24) is 10.6 Å². The third kappa shape index (κ3) is 6.98. The van der Waals surface area contributed by atoms with Gasteiger partial charge in [0.1, 0.15) is 17.8 Å². The Kier molecular flexibility index (Phi) is 7.97. The minimum Gasteiger partial charge on any atom is -0.480 e. The first-order valence-corrected chi connectivity index (χ1v) is 10.1.